The van der Waals surface area contributed by atoms with Gasteiger partial charge in [0.15, 0.2) is 11.6 Å². The number of aliphatic hydroxyl groups is 2. The molecule has 0 aliphatic rings. The number of aromatic amines is 2. The molecule has 2 aromatic heterocycles. The summed E-state index contributed by atoms with van der Waals surface area (Å²) < 4.78 is 20.4. The quantitative estimate of drug-likeness (QED) is 0.397. The van der Waals surface area contributed by atoms with Crippen LogP contribution in [0.15, 0.2) is 9.59 Å². The Bertz CT molecular complexity index is 666. The molecule has 0 aliphatic heterocycles. The average Bonchev–Trinajstić information content (AvgIpc) is 2.94. The van der Waals surface area contributed by atoms with E-state index < -0.39 is 32.8 Å². The van der Waals surface area contributed by atoms with Crippen LogP contribution in [0.25, 0.3) is 0 Å². The molecule has 0 spiro atoms. The van der Waals surface area contributed by atoms with E-state index in [9.17, 15) is 14.2 Å². The number of hydrogen-bond donors (Lipinski definition) is 4. The number of aliphatic hydroxyl groups excluding tert-OH is 2. The van der Waals surface area contributed by atoms with Gasteiger partial charge in [-0.15, -0.1) is 10.2 Å². The van der Waals surface area contributed by atoms with Crippen LogP contribution >= 0.6 is 8.25 Å². The lowest BCUT2D eigenvalue weighted by Gasteiger charge is -1.88. The van der Waals surface area contributed by atoms with E-state index in [-0.39, 0.29) is 21.3 Å². The summed E-state index contributed by atoms with van der Waals surface area (Å²) in [6.45, 7) is -1.11. The summed E-state index contributed by atoms with van der Waals surface area (Å²) in [5.41, 5.74) is -1.79. The van der Waals surface area contributed by atoms with Crippen molar-refractivity contribution in [1.29, 1.82) is 0 Å². The lowest BCUT2D eigenvalue weighted by molar-refractivity contribution is 0.145. The van der Waals surface area contributed by atoms with E-state index in [0.29, 0.717) is 0 Å². The number of nitrogens with one attached hydrogen (secondary N) is 2. The third kappa shape index (κ3) is 2.90. The van der Waals surface area contributed by atoms with E-state index in [1.54, 1.807) is 0 Å². The van der Waals surface area contributed by atoms with Gasteiger partial charge < -0.3 is 10.2 Å². The average molecular weight is 307 g/mol. The summed E-state index contributed by atoms with van der Waals surface area (Å²) in [7, 11) is -3.00. The van der Waals surface area contributed by atoms with Crippen molar-refractivity contribution in [3.05, 3.63) is 32.6 Å². The van der Waals surface area contributed by atoms with Crippen molar-refractivity contribution in [2.24, 2.45) is 0 Å². The highest BCUT2D eigenvalue weighted by Gasteiger charge is 2.30. The van der Waals surface area contributed by atoms with Gasteiger partial charge in [0.1, 0.15) is 13.2 Å². The first kappa shape index (κ1) is 13.9. The summed E-state index contributed by atoms with van der Waals surface area (Å²) >= 11 is 0. The first-order valence-corrected chi connectivity index (χ1v) is 6.05. The molecule has 0 atom stereocenters. The molecular weight excluding hydrogens is 299 g/mol. The van der Waals surface area contributed by atoms with Crippen molar-refractivity contribution in [1.82, 2.24) is 29.9 Å². The Kier molecular flexibility index (Phi) is 3.93. The molecular formula is C6H8N6O7P+. The Labute approximate surface area is 109 Å². The maximum absolute atomic E-state index is 11.4. The van der Waals surface area contributed by atoms with Gasteiger partial charge in [-0.3, -0.25) is 9.97 Å². The monoisotopic (exact) mass is 307 g/mol. The fourth-order valence-corrected chi connectivity index (χ4v) is 1.60. The van der Waals surface area contributed by atoms with Gasteiger partial charge in [0.05, 0.1) is 0 Å². The van der Waals surface area contributed by atoms with Crippen molar-refractivity contribution < 1.29 is 24.0 Å². The molecule has 0 saturated heterocycles. The maximum atomic E-state index is 11.4. The zero-order valence-corrected chi connectivity index (χ0v) is 10.5. The third-order valence-corrected chi connectivity index (χ3v) is 2.44. The highest BCUT2D eigenvalue weighted by atomic mass is 31.1. The zero-order chi connectivity index (χ0) is 14.7. The Balaban J connectivity index is 2.08. The topological polar surface area (TPSA) is 177 Å². The van der Waals surface area contributed by atoms with E-state index >= 15 is 0 Å². The fourth-order valence-electron chi connectivity index (χ4n) is 1.10. The molecule has 20 heavy (non-hydrogen) atoms. The van der Waals surface area contributed by atoms with Crippen molar-refractivity contribution in [3.8, 4) is 0 Å². The van der Waals surface area contributed by atoms with Crippen LogP contribution in [-0.4, -0.2) is 40.1 Å². The maximum Gasteiger partial charge on any atom is 0.851 e. The first-order valence-electron chi connectivity index (χ1n) is 4.96. The smallest absolute Gasteiger partial charge is 0.388 e. The SMILES string of the molecule is O=c1[nH]c(CO)nn1O[P+](=O)On1nc(CO)[nH]c1=O. The fraction of sp³-hybridized carbons (Fsp3) is 0.333. The van der Waals surface area contributed by atoms with Crippen LogP contribution in [0.2, 0.25) is 0 Å². The Morgan fingerprint density at radius 3 is 1.70 bits per heavy atom. The molecule has 2 aromatic rings. The zero-order valence-electron chi connectivity index (χ0n) is 9.59. The van der Waals surface area contributed by atoms with Crippen molar-refractivity contribution in [3.63, 3.8) is 0 Å². The van der Waals surface area contributed by atoms with Crippen LogP contribution in [0.5, 0.6) is 0 Å². The summed E-state index contributed by atoms with van der Waals surface area (Å²) in [6.07, 6.45) is 0. The summed E-state index contributed by atoms with van der Waals surface area (Å²) in [5.74, 6) is -0.226. The summed E-state index contributed by atoms with van der Waals surface area (Å²) in [4.78, 5) is 27.2. The number of nitrogens with zero attached hydrogens (tertiary/aromatic N) is 4. The van der Waals surface area contributed by atoms with Crippen LogP contribution < -0.4 is 20.6 Å². The normalized spacial score (nSPS) is 10.5. The van der Waals surface area contributed by atoms with Gasteiger partial charge in [-0.25, -0.2) is 9.59 Å². The van der Waals surface area contributed by atoms with E-state index in [4.69, 9.17) is 10.2 Å². The van der Waals surface area contributed by atoms with Gasteiger partial charge in [-0.1, -0.05) is 9.25 Å². The molecule has 0 aliphatic carbocycles. The summed E-state index contributed by atoms with van der Waals surface area (Å²) in [6, 6.07) is 0. The van der Waals surface area contributed by atoms with E-state index in [2.05, 4.69) is 29.4 Å². The number of H-pyrrole nitrogens is 2. The molecule has 2 rings (SSSR count). The second kappa shape index (κ2) is 5.64. The molecule has 13 nitrogen and oxygen atoms in total. The van der Waals surface area contributed by atoms with Gasteiger partial charge in [-0.2, -0.15) is 0 Å². The third-order valence-electron chi connectivity index (χ3n) is 1.86. The largest absolute Gasteiger partial charge is 0.851 e. The highest BCUT2D eigenvalue weighted by Crippen LogP contribution is 2.12. The number of aromatic nitrogens is 6. The van der Waals surface area contributed by atoms with Crippen molar-refractivity contribution >= 4 is 8.25 Å². The minimum Gasteiger partial charge on any atom is -0.388 e. The lowest BCUT2D eigenvalue weighted by Crippen LogP contribution is -2.27. The first-order chi connectivity index (χ1) is 9.53. The predicted molar refractivity (Wildman–Crippen MR) is 58.3 cm³/mol. The molecule has 108 valence electrons. The number of rotatable bonds is 6. The van der Waals surface area contributed by atoms with Crippen LogP contribution in [0.3, 0.4) is 0 Å². The molecule has 0 fully saturated rings. The molecule has 0 saturated carbocycles. The summed E-state index contributed by atoms with van der Waals surface area (Å²) in [5, 5.41) is 24.3. The second-order valence-corrected chi connectivity index (χ2v) is 3.98. The lowest BCUT2D eigenvalue weighted by atomic mass is 10.7. The van der Waals surface area contributed by atoms with Crippen LogP contribution in [0.4, 0.5) is 0 Å². The Morgan fingerprint density at radius 1 is 1.00 bits per heavy atom. The van der Waals surface area contributed by atoms with Crippen molar-refractivity contribution in [2.45, 2.75) is 13.2 Å². The Hall–Kier alpha value is -2.50. The van der Waals surface area contributed by atoms with Gasteiger partial charge in [-0.05, 0) is 0 Å². The molecule has 0 radical (unpaired) electrons. The molecule has 0 amide bonds. The molecule has 14 heteroatoms. The van der Waals surface area contributed by atoms with E-state index in [1.165, 1.54) is 0 Å². The van der Waals surface area contributed by atoms with Gasteiger partial charge in [0.2, 0.25) is 0 Å². The number of hydrogen-bond acceptors (Lipinski definition) is 9. The second-order valence-electron chi connectivity index (χ2n) is 3.20. The molecule has 4 N–H and O–H groups in total. The van der Waals surface area contributed by atoms with E-state index in [1.807, 2.05) is 0 Å². The van der Waals surface area contributed by atoms with Gasteiger partial charge in [0, 0.05) is 14.3 Å². The van der Waals surface area contributed by atoms with Crippen LogP contribution in [-0.2, 0) is 17.8 Å². The predicted octanol–water partition coefficient (Wildman–Crippen LogP) is -3.34. The van der Waals surface area contributed by atoms with Crippen LogP contribution in [0.1, 0.15) is 11.6 Å². The van der Waals surface area contributed by atoms with E-state index in [0.717, 1.165) is 0 Å². The van der Waals surface area contributed by atoms with Gasteiger partial charge in [0.25, 0.3) is 0 Å². The van der Waals surface area contributed by atoms with Crippen LogP contribution in [0, 0.1) is 0 Å². The highest BCUT2D eigenvalue weighted by molar-refractivity contribution is 7.33. The molecule has 0 bridgehead atoms. The minimum atomic E-state index is -3.00. The standard InChI is InChI=1S/C6H7N6O7P/c13-1-3-7-5(15)11(9-3)18-20(17)19-12-6(16)8-4(2-14)10-12/h13-14H,1-2H2,(H-,7,8,9,10,15,16)/p+1. The Morgan fingerprint density at radius 2 is 1.40 bits per heavy atom. The minimum absolute atomic E-state index is 0.113. The molecule has 2 heterocycles. The van der Waals surface area contributed by atoms with Gasteiger partial charge >= 0.3 is 19.6 Å². The molecule has 0 unspecified atom stereocenters. The van der Waals surface area contributed by atoms with Crippen molar-refractivity contribution in [2.75, 3.05) is 0 Å². The molecule has 0 aromatic carbocycles.